The van der Waals surface area contributed by atoms with Gasteiger partial charge in [-0.3, -0.25) is 10.4 Å². The summed E-state index contributed by atoms with van der Waals surface area (Å²) in [5, 5.41) is 17.0. The number of nitrogens with one attached hydrogen (secondary N) is 4. The van der Waals surface area contributed by atoms with Gasteiger partial charge in [-0.1, -0.05) is 42.5 Å². The van der Waals surface area contributed by atoms with Crippen LogP contribution in [0.2, 0.25) is 0 Å². The first-order chi connectivity index (χ1) is 14.6. The highest BCUT2D eigenvalue weighted by molar-refractivity contribution is 5.95. The van der Waals surface area contributed by atoms with Crippen molar-refractivity contribution in [2.75, 3.05) is 17.7 Å². The molecule has 2 amide bonds. The average Bonchev–Trinajstić information content (AvgIpc) is 3.16. The van der Waals surface area contributed by atoms with E-state index in [2.05, 4.69) is 31.1 Å². The Labute approximate surface area is 173 Å². The fourth-order valence-electron chi connectivity index (χ4n) is 3.13. The zero-order valence-electron chi connectivity index (χ0n) is 16.6. The molecule has 0 aliphatic heterocycles. The molecule has 0 spiro atoms. The molecule has 0 aliphatic rings. The molecular formula is C22H22N6O2. The molecule has 0 fully saturated rings. The number of pyridine rings is 1. The molecule has 1 unspecified atom stereocenters. The van der Waals surface area contributed by atoms with Gasteiger partial charge in [-0.2, -0.15) is 5.10 Å². The topological polar surface area (TPSA) is 104 Å². The largest absolute Gasteiger partial charge is 0.495 e. The predicted molar refractivity (Wildman–Crippen MR) is 117 cm³/mol. The molecule has 2 aromatic carbocycles. The maximum Gasteiger partial charge on any atom is 0.320 e. The van der Waals surface area contributed by atoms with Gasteiger partial charge >= 0.3 is 6.03 Å². The predicted octanol–water partition coefficient (Wildman–Crippen LogP) is 4.59. The molecule has 0 aliphatic carbocycles. The number of carbonyl (C=O) groups excluding carboxylic acids is 1. The zero-order chi connectivity index (χ0) is 20.9. The van der Waals surface area contributed by atoms with Crippen LogP contribution in [0.4, 0.5) is 22.1 Å². The van der Waals surface area contributed by atoms with Crippen molar-refractivity contribution in [3.8, 4) is 5.75 Å². The number of methoxy groups -OCH3 is 1. The third-order valence-corrected chi connectivity index (χ3v) is 4.70. The van der Waals surface area contributed by atoms with Crippen molar-refractivity contribution in [2.24, 2.45) is 0 Å². The SMILES string of the molecule is COc1ccccc1Nc1n[nH]c2cc(NC(=O)NC(C)c3ccccc3)ncc12. The molecule has 2 heterocycles. The summed E-state index contributed by atoms with van der Waals surface area (Å²) in [5.74, 6) is 1.76. The van der Waals surface area contributed by atoms with Gasteiger partial charge in [0.25, 0.3) is 0 Å². The Morgan fingerprint density at radius 1 is 1.10 bits per heavy atom. The second-order valence-electron chi connectivity index (χ2n) is 6.74. The van der Waals surface area contributed by atoms with Crippen LogP contribution in [0, 0.1) is 0 Å². The molecule has 0 bridgehead atoms. The maximum atomic E-state index is 12.3. The number of amides is 2. The number of urea groups is 1. The molecule has 4 N–H and O–H groups in total. The van der Waals surface area contributed by atoms with Crippen molar-refractivity contribution in [2.45, 2.75) is 13.0 Å². The van der Waals surface area contributed by atoms with Gasteiger partial charge in [0, 0.05) is 12.3 Å². The van der Waals surface area contributed by atoms with Crippen molar-refractivity contribution in [1.29, 1.82) is 0 Å². The highest BCUT2D eigenvalue weighted by atomic mass is 16.5. The number of rotatable bonds is 6. The van der Waals surface area contributed by atoms with Crippen molar-refractivity contribution in [3.05, 3.63) is 72.4 Å². The summed E-state index contributed by atoms with van der Waals surface area (Å²) >= 11 is 0. The van der Waals surface area contributed by atoms with E-state index in [1.807, 2.05) is 61.5 Å². The lowest BCUT2D eigenvalue weighted by Crippen LogP contribution is -2.31. The summed E-state index contributed by atoms with van der Waals surface area (Å²) in [4.78, 5) is 16.7. The molecule has 152 valence electrons. The second-order valence-corrected chi connectivity index (χ2v) is 6.74. The quantitative estimate of drug-likeness (QED) is 0.378. The van der Waals surface area contributed by atoms with Crippen molar-refractivity contribution >= 4 is 34.3 Å². The summed E-state index contributed by atoms with van der Waals surface area (Å²) < 4.78 is 5.36. The second kappa shape index (κ2) is 8.52. The Morgan fingerprint density at radius 3 is 2.67 bits per heavy atom. The number of carbonyl (C=O) groups is 1. The number of aromatic nitrogens is 3. The molecular weight excluding hydrogens is 380 g/mol. The lowest BCUT2D eigenvalue weighted by molar-refractivity contribution is 0.249. The monoisotopic (exact) mass is 402 g/mol. The third kappa shape index (κ3) is 4.17. The first kappa shape index (κ1) is 19.3. The van der Waals surface area contributed by atoms with Crippen LogP contribution < -0.4 is 20.7 Å². The van der Waals surface area contributed by atoms with Crippen molar-refractivity contribution < 1.29 is 9.53 Å². The summed E-state index contributed by atoms with van der Waals surface area (Å²) in [5.41, 5.74) is 2.57. The lowest BCUT2D eigenvalue weighted by atomic mass is 10.1. The molecule has 8 nitrogen and oxygen atoms in total. The smallest absolute Gasteiger partial charge is 0.320 e. The lowest BCUT2D eigenvalue weighted by Gasteiger charge is -2.14. The Bertz CT molecular complexity index is 1160. The number of aromatic amines is 1. The minimum atomic E-state index is -0.329. The number of para-hydroxylation sites is 2. The summed E-state index contributed by atoms with van der Waals surface area (Å²) in [6.45, 7) is 1.93. The molecule has 0 saturated carbocycles. The number of fused-ring (bicyclic) bond motifs is 1. The van der Waals surface area contributed by atoms with E-state index in [0.29, 0.717) is 17.4 Å². The van der Waals surface area contributed by atoms with Gasteiger partial charge in [-0.15, -0.1) is 0 Å². The van der Waals surface area contributed by atoms with Crippen LogP contribution in [0.15, 0.2) is 66.9 Å². The van der Waals surface area contributed by atoms with Gasteiger partial charge < -0.3 is 15.4 Å². The third-order valence-electron chi connectivity index (χ3n) is 4.70. The molecule has 4 aromatic rings. The highest BCUT2D eigenvalue weighted by Crippen LogP contribution is 2.30. The molecule has 2 aromatic heterocycles. The van der Waals surface area contributed by atoms with E-state index in [0.717, 1.165) is 22.2 Å². The normalized spacial score (nSPS) is 11.7. The number of H-pyrrole nitrogens is 1. The van der Waals surface area contributed by atoms with Gasteiger partial charge in [0.05, 0.1) is 29.7 Å². The van der Waals surface area contributed by atoms with Crippen molar-refractivity contribution in [3.63, 3.8) is 0 Å². The molecule has 0 saturated heterocycles. The van der Waals surface area contributed by atoms with Crippen LogP contribution in [0.3, 0.4) is 0 Å². The minimum absolute atomic E-state index is 0.126. The van der Waals surface area contributed by atoms with Crippen molar-refractivity contribution in [1.82, 2.24) is 20.5 Å². The molecule has 30 heavy (non-hydrogen) atoms. The summed E-state index contributed by atoms with van der Waals surface area (Å²) in [7, 11) is 1.62. The number of nitrogens with zero attached hydrogens (tertiary/aromatic N) is 2. The number of hydrogen-bond acceptors (Lipinski definition) is 5. The van der Waals surface area contributed by atoms with Crippen LogP contribution in [0.25, 0.3) is 10.9 Å². The van der Waals surface area contributed by atoms with Crippen LogP contribution >= 0.6 is 0 Å². The van der Waals surface area contributed by atoms with Gasteiger partial charge in [0.1, 0.15) is 11.6 Å². The van der Waals surface area contributed by atoms with Crippen LogP contribution in [-0.4, -0.2) is 28.3 Å². The minimum Gasteiger partial charge on any atom is -0.495 e. The van der Waals surface area contributed by atoms with Gasteiger partial charge in [-0.05, 0) is 24.6 Å². The van der Waals surface area contributed by atoms with Crippen LogP contribution in [0.1, 0.15) is 18.5 Å². The maximum absolute atomic E-state index is 12.3. The van der Waals surface area contributed by atoms with E-state index in [1.165, 1.54) is 0 Å². The number of hydrogen-bond donors (Lipinski definition) is 4. The molecule has 4 rings (SSSR count). The Kier molecular flexibility index (Phi) is 5.47. The molecule has 0 radical (unpaired) electrons. The fraction of sp³-hybridized carbons (Fsp3) is 0.136. The van der Waals surface area contributed by atoms with Crippen LogP contribution in [0.5, 0.6) is 5.75 Å². The number of ether oxygens (including phenoxy) is 1. The first-order valence-electron chi connectivity index (χ1n) is 9.50. The summed E-state index contributed by atoms with van der Waals surface area (Å²) in [6.07, 6.45) is 1.66. The molecule has 1 atom stereocenters. The standard InChI is InChI=1S/C22H22N6O2/c1-14(15-8-4-3-5-9-15)24-22(29)26-20-12-18-16(13-23-20)21(28-27-18)25-17-10-6-7-11-19(17)30-2/h3-14H,1-2H3,(H2,25,27,28)(H2,23,24,26,29). The van der Waals surface area contributed by atoms with E-state index < -0.39 is 0 Å². The van der Waals surface area contributed by atoms with E-state index in [-0.39, 0.29) is 12.1 Å². The Morgan fingerprint density at radius 2 is 1.87 bits per heavy atom. The van der Waals surface area contributed by atoms with Gasteiger partial charge in [0.15, 0.2) is 5.82 Å². The Hall–Kier alpha value is -4.07. The van der Waals surface area contributed by atoms with E-state index in [4.69, 9.17) is 4.74 Å². The van der Waals surface area contributed by atoms with Gasteiger partial charge in [0.2, 0.25) is 0 Å². The average molecular weight is 402 g/mol. The molecule has 8 heteroatoms. The van der Waals surface area contributed by atoms with E-state index in [1.54, 1.807) is 19.4 Å². The Balaban J connectivity index is 1.46. The first-order valence-corrected chi connectivity index (χ1v) is 9.50. The zero-order valence-corrected chi connectivity index (χ0v) is 16.6. The highest BCUT2D eigenvalue weighted by Gasteiger charge is 2.13. The van der Waals surface area contributed by atoms with Gasteiger partial charge in [-0.25, -0.2) is 9.78 Å². The van der Waals surface area contributed by atoms with E-state index >= 15 is 0 Å². The number of anilines is 3. The number of benzene rings is 2. The fourth-order valence-corrected chi connectivity index (χ4v) is 3.13. The summed E-state index contributed by atoms with van der Waals surface area (Å²) in [6, 6.07) is 18.6. The van der Waals surface area contributed by atoms with Crippen LogP contribution in [-0.2, 0) is 0 Å². The van der Waals surface area contributed by atoms with E-state index in [9.17, 15) is 4.79 Å².